The molecule has 0 aliphatic carbocycles. The van der Waals surface area contributed by atoms with E-state index in [1.165, 1.54) is 0 Å². The second-order valence-electron chi connectivity index (χ2n) is 9.68. The van der Waals surface area contributed by atoms with Crippen molar-refractivity contribution in [1.82, 2.24) is 24.6 Å². The fourth-order valence-electron chi connectivity index (χ4n) is 4.25. The molecule has 2 atom stereocenters. The van der Waals surface area contributed by atoms with E-state index in [4.69, 9.17) is 0 Å². The van der Waals surface area contributed by atoms with Crippen molar-refractivity contribution in [2.24, 2.45) is 0 Å². The van der Waals surface area contributed by atoms with Crippen molar-refractivity contribution < 1.29 is 5.11 Å². The number of rotatable bonds is 5. The summed E-state index contributed by atoms with van der Waals surface area (Å²) >= 11 is 0. The van der Waals surface area contributed by atoms with Crippen molar-refractivity contribution in [3.05, 3.63) is 12.5 Å². The molecule has 28 heavy (non-hydrogen) atoms. The zero-order chi connectivity index (χ0) is 20.7. The van der Waals surface area contributed by atoms with Gasteiger partial charge in [-0.1, -0.05) is 13.8 Å². The van der Waals surface area contributed by atoms with Gasteiger partial charge in [0, 0.05) is 31.7 Å². The number of aliphatic hydroxyl groups is 1. The highest BCUT2D eigenvalue weighted by atomic mass is 16.3. The number of hydrogen-bond donors (Lipinski definition) is 1. The van der Waals surface area contributed by atoms with Gasteiger partial charge >= 0.3 is 0 Å². The molecule has 1 aliphatic heterocycles. The highest BCUT2D eigenvalue weighted by Gasteiger charge is 2.36. The molecule has 0 amide bonds. The first-order chi connectivity index (χ1) is 13.0. The van der Waals surface area contributed by atoms with Crippen molar-refractivity contribution in [2.75, 3.05) is 24.5 Å². The van der Waals surface area contributed by atoms with Gasteiger partial charge in [0.15, 0.2) is 5.65 Å². The molecule has 2 aromatic rings. The molecule has 3 heterocycles. The summed E-state index contributed by atoms with van der Waals surface area (Å²) in [6.07, 6.45) is 5.64. The normalized spacial score (nSPS) is 22.2. The zero-order valence-corrected chi connectivity index (χ0v) is 18.5. The average molecular weight is 389 g/mol. The van der Waals surface area contributed by atoms with Crippen LogP contribution in [0.25, 0.3) is 11.0 Å². The Bertz CT molecular complexity index is 803. The standard InChI is InChI=1S/C21H36N6O/c1-8-15-12-26(16(9-2)11-25(15)13-21(6,7)28)18-17-10-24-27(20(3,4)5)19(17)23-14-22-18/h10,14-16,28H,8-9,11-13H2,1-7H3/t15-,16-/m0/s1. The summed E-state index contributed by atoms with van der Waals surface area (Å²) in [5, 5.41) is 16.0. The molecule has 1 N–H and O–H groups in total. The van der Waals surface area contributed by atoms with Crippen LogP contribution in [0, 0.1) is 0 Å². The summed E-state index contributed by atoms with van der Waals surface area (Å²) in [6.45, 7) is 17.2. The third-order valence-corrected chi connectivity index (χ3v) is 5.59. The number of nitrogens with zero attached hydrogens (tertiary/aromatic N) is 6. The molecule has 0 aromatic carbocycles. The third-order valence-electron chi connectivity index (χ3n) is 5.59. The molecule has 1 saturated heterocycles. The first-order valence-corrected chi connectivity index (χ1v) is 10.5. The van der Waals surface area contributed by atoms with Crippen LogP contribution in [0.2, 0.25) is 0 Å². The van der Waals surface area contributed by atoms with E-state index in [-0.39, 0.29) is 5.54 Å². The minimum atomic E-state index is -0.691. The summed E-state index contributed by atoms with van der Waals surface area (Å²) in [5.41, 5.74) is 0.0676. The molecule has 0 unspecified atom stereocenters. The topological polar surface area (TPSA) is 70.3 Å². The molecule has 0 radical (unpaired) electrons. The van der Waals surface area contributed by atoms with Crippen molar-refractivity contribution in [2.45, 2.75) is 84.5 Å². The third kappa shape index (κ3) is 4.15. The molecule has 1 aliphatic rings. The lowest BCUT2D eigenvalue weighted by Crippen LogP contribution is -2.60. The van der Waals surface area contributed by atoms with Gasteiger partial charge in [0.2, 0.25) is 0 Å². The van der Waals surface area contributed by atoms with Crippen LogP contribution in [0.4, 0.5) is 5.82 Å². The molecule has 3 rings (SSSR count). The summed E-state index contributed by atoms with van der Waals surface area (Å²) in [4.78, 5) is 14.1. The van der Waals surface area contributed by atoms with E-state index < -0.39 is 5.60 Å². The van der Waals surface area contributed by atoms with E-state index >= 15 is 0 Å². The van der Waals surface area contributed by atoms with Gasteiger partial charge < -0.3 is 10.0 Å². The minimum Gasteiger partial charge on any atom is -0.389 e. The number of β-amino-alcohol motifs (C(OH)–C–C–N with tert-alkyl or cyclic N) is 1. The molecule has 7 heteroatoms. The second kappa shape index (κ2) is 7.59. The van der Waals surface area contributed by atoms with Crippen LogP contribution in [-0.4, -0.2) is 67.1 Å². The maximum atomic E-state index is 10.4. The Morgan fingerprint density at radius 1 is 1.04 bits per heavy atom. The Morgan fingerprint density at radius 3 is 2.29 bits per heavy atom. The molecule has 156 valence electrons. The molecule has 0 saturated carbocycles. The Balaban J connectivity index is 1.98. The molecular weight excluding hydrogens is 352 g/mol. The van der Waals surface area contributed by atoms with Gasteiger partial charge in [0.1, 0.15) is 12.1 Å². The van der Waals surface area contributed by atoms with E-state index in [1.807, 2.05) is 24.7 Å². The number of aromatic nitrogens is 4. The quantitative estimate of drug-likeness (QED) is 0.849. The van der Waals surface area contributed by atoms with Crippen molar-refractivity contribution in [1.29, 1.82) is 0 Å². The Hall–Kier alpha value is -1.73. The molecular formula is C21H36N6O. The van der Waals surface area contributed by atoms with Crippen molar-refractivity contribution >= 4 is 16.9 Å². The molecule has 0 spiro atoms. The summed E-state index contributed by atoms with van der Waals surface area (Å²) in [5.74, 6) is 0.980. The van der Waals surface area contributed by atoms with Crippen LogP contribution < -0.4 is 4.90 Å². The lowest BCUT2D eigenvalue weighted by Gasteiger charge is -2.48. The maximum absolute atomic E-state index is 10.4. The Morgan fingerprint density at radius 2 is 1.71 bits per heavy atom. The van der Waals surface area contributed by atoms with E-state index in [0.717, 1.165) is 42.8 Å². The van der Waals surface area contributed by atoms with Gasteiger partial charge in [-0.2, -0.15) is 5.10 Å². The monoisotopic (exact) mass is 388 g/mol. The Kier molecular flexibility index (Phi) is 5.69. The van der Waals surface area contributed by atoms with Gasteiger partial charge in [-0.25, -0.2) is 14.6 Å². The van der Waals surface area contributed by atoms with Gasteiger partial charge in [-0.15, -0.1) is 0 Å². The van der Waals surface area contributed by atoms with Gasteiger partial charge in [0.25, 0.3) is 0 Å². The number of anilines is 1. The number of piperazine rings is 1. The van der Waals surface area contributed by atoms with Crippen LogP contribution in [0.3, 0.4) is 0 Å². The van der Waals surface area contributed by atoms with Crippen LogP contribution in [0.1, 0.15) is 61.3 Å². The largest absolute Gasteiger partial charge is 0.389 e. The van der Waals surface area contributed by atoms with Gasteiger partial charge in [0.05, 0.1) is 22.7 Å². The molecule has 1 fully saturated rings. The fourth-order valence-corrected chi connectivity index (χ4v) is 4.25. The average Bonchev–Trinajstić information content (AvgIpc) is 3.04. The van der Waals surface area contributed by atoms with Crippen molar-refractivity contribution in [3.63, 3.8) is 0 Å². The van der Waals surface area contributed by atoms with Crippen LogP contribution >= 0.6 is 0 Å². The van der Waals surface area contributed by atoms with Crippen LogP contribution in [0.5, 0.6) is 0 Å². The summed E-state index contributed by atoms with van der Waals surface area (Å²) in [7, 11) is 0. The van der Waals surface area contributed by atoms with E-state index in [0.29, 0.717) is 18.6 Å². The lowest BCUT2D eigenvalue weighted by atomic mass is 9.99. The van der Waals surface area contributed by atoms with Crippen molar-refractivity contribution in [3.8, 4) is 0 Å². The smallest absolute Gasteiger partial charge is 0.163 e. The van der Waals surface area contributed by atoms with E-state index in [1.54, 1.807) is 6.33 Å². The van der Waals surface area contributed by atoms with Crippen LogP contribution in [-0.2, 0) is 5.54 Å². The highest BCUT2D eigenvalue weighted by Crippen LogP contribution is 2.31. The van der Waals surface area contributed by atoms with Crippen LogP contribution in [0.15, 0.2) is 12.5 Å². The summed E-state index contributed by atoms with van der Waals surface area (Å²) < 4.78 is 1.98. The predicted molar refractivity (Wildman–Crippen MR) is 114 cm³/mol. The van der Waals surface area contributed by atoms with E-state index in [9.17, 15) is 5.11 Å². The van der Waals surface area contributed by atoms with E-state index in [2.05, 4.69) is 59.5 Å². The fraction of sp³-hybridized carbons (Fsp3) is 0.762. The van der Waals surface area contributed by atoms with Gasteiger partial charge in [-0.3, -0.25) is 4.90 Å². The number of hydrogen-bond acceptors (Lipinski definition) is 6. The SMILES string of the molecule is CC[C@H]1CN(c2ncnc3c2cnn3C(C)(C)C)[C@@H](CC)CN1CC(C)(C)O. The molecule has 7 nitrogen and oxygen atoms in total. The number of fused-ring (bicyclic) bond motifs is 1. The molecule has 0 bridgehead atoms. The second-order valence-corrected chi connectivity index (χ2v) is 9.68. The highest BCUT2D eigenvalue weighted by molar-refractivity contribution is 5.87. The lowest BCUT2D eigenvalue weighted by molar-refractivity contribution is 0.00996. The molecule has 2 aromatic heterocycles. The van der Waals surface area contributed by atoms with Gasteiger partial charge in [-0.05, 0) is 47.5 Å². The summed E-state index contributed by atoms with van der Waals surface area (Å²) in [6, 6.07) is 0.734. The predicted octanol–water partition coefficient (Wildman–Crippen LogP) is 3.03. The first-order valence-electron chi connectivity index (χ1n) is 10.5. The maximum Gasteiger partial charge on any atom is 0.163 e. The zero-order valence-electron chi connectivity index (χ0n) is 18.5. The minimum absolute atomic E-state index is 0.130. The Labute approximate surface area is 168 Å². The first kappa shape index (κ1) is 21.0.